The summed E-state index contributed by atoms with van der Waals surface area (Å²) in [4.78, 5) is 11.8. The molecule has 0 spiro atoms. The summed E-state index contributed by atoms with van der Waals surface area (Å²) in [5, 5.41) is 0. The van der Waals surface area contributed by atoms with Gasteiger partial charge < -0.3 is 14.2 Å². The van der Waals surface area contributed by atoms with Crippen LogP contribution in [-0.4, -0.2) is 32.9 Å². The van der Waals surface area contributed by atoms with Crippen molar-refractivity contribution in [2.45, 2.75) is 26.7 Å². The van der Waals surface area contributed by atoms with E-state index >= 15 is 0 Å². The molecule has 134 valence electrons. The Labute approximate surface area is 149 Å². The van der Waals surface area contributed by atoms with Gasteiger partial charge in [0.1, 0.15) is 12.4 Å². The molecule has 0 fully saturated rings. The number of carbonyl (C=O) groups is 1. The van der Waals surface area contributed by atoms with E-state index in [1.54, 1.807) is 0 Å². The van der Waals surface area contributed by atoms with Gasteiger partial charge in [-0.3, -0.25) is 0 Å². The Hall–Kier alpha value is -2.33. The number of hydrogen-bond donors (Lipinski definition) is 0. The molecule has 0 radical (unpaired) electrons. The Morgan fingerprint density at radius 1 is 0.960 bits per heavy atom. The summed E-state index contributed by atoms with van der Waals surface area (Å²) in [6.07, 6.45) is 2.22. The van der Waals surface area contributed by atoms with Crippen LogP contribution in [0.2, 0.25) is 0 Å². The lowest BCUT2D eigenvalue weighted by Gasteiger charge is -2.10. The maximum atomic E-state index is 11.8. The highest BCUT2D eigenvalue weighted by molar-refractivity contribution is 5.92. The van der Waals surface area contributed by atoms with Crippen LogP contribution in [0.1, 0.15) is 35.7 Å². The third-order valence-corrected chi connectivity index (χ3v) is 3.97. The van der Waals surface area contributed by atoms with Crippen LogP contribution in [0.3, 0.4) is 0 Å². The van der Waals surface area contributed by atoms with Crippen molar-refractivity contribution in [3.63, 3.8) is 0 Å². The van der Waals surface area contributed by atoms with Crippen molar-refractivity contribution in [2.24, 2.45) is 0 Å². The Bertz CT molecular complexity index is 677. The van der Waals surface area contributed by atoms with E-state index in [1.807, 2.05) is 49.4 Å². The Morgan fingerprint density at radius 3 is 2.36 bits per heavy atom. The number of ether oxygens (including phenoxy) is 3. The minimum atomic E-state index is -0.317. The molecule has 4 heteroatoms. The molecule has 4 nitrogen and oxygen atoms in total. The van der Waals surface area contributed by atoms with E-state index in [0.717, 1.165) is 41.9 Å². The van der Waals surface area contributed by atoms with Crippen LogP contribution in [0.15, 0.2) is 42.5 Å². The van der Waals surface area contributed by atoms with Crippen molar-refractivity contribution in [1.29, 1.82) is 0 Å². The van der Waals surface area contributed by atoms with Crippen molar-refractivity contribution in [2.75, 3.05) is 26.9 Å². The zero-order valence-corrected chi connectivity index (χ0v) is 15.2. The summed E-state index contributed by atoms with van der Waals surface area (Å²) in [6.45, 7) is 5.97. The van der Waals surface area contributed by atoms with Gasteiger partial charge in [-0.05, 0) is 48.2 Å². The lowest BCUT2D eigenvalue weighted by Crippen LogP contribution is -2.07. The first-order chi connectivity index (χ1) is 12.2. The first kappa shape index (κ1) is 19.0. The van der Waals surface area contributed by atoms with Crippen molar-refractivity contribution in [1.82, 2.24) is 0 Å². The van der Waals surface area contributed by atoms with E-state index in [-0.39, 0.29) is 5.97 Å². The molecule has 2 aromatic rings. The Kier molecular flexibility index (Phi) is 7.48. The number of unbranched alkanes of at least 4 members (excludes halogenated alkanes) is 1. The van der Waals surface area contributed by atoms with Crippen LogP contribution >= 0.6 is 0 Å². The van der Waals surface area contributed by atoms with Crippen molar-refractivity contribution in [3.05, 3.63) is 53.6 Å². The van der Waals surface area contributed by atoms with Crippen LogP contribution in [0.4, 0.5) is 0 Å². The monoisotopic (exact) mass is 342 g/mol. The van der Waals surface area contributed by atoms with E-state index in [9.17, 15) is 4.79 Å². The average Bonchev–Trinajstić information content (AvgIpc) is 2.65. The Morgan fingerprint density at radius 2 is 1.68 bits per heavy atom. The van der Waals surface area contributed by atoms with Gasteiger partial charge in [0, 0.05) is 6.61 Å². The number of rotatable bonds is 9. The number of aryl methyl sites for hydroxylation is 1. The standard InChI is InChI=1S/C21H26O4/c1-4-5-12-24-13-14-25-19-10-8-17(9-11-19)18-7-6-16(2)20(15-18)21(22)23-3/h6-11,15H,4-5,12-14H2,1-3H3. The van der Waals surface area contributed by atoms with Gasteiger partial charge >= 0.3 is 5.97 Å². The fourth-order valence-electron chi connectivity index (χ4n) is 2.44. The summed E-state index contributed by atoms with van der Waals surface area (Å²) in [6, 6.07) is 13.6. The first-order valence-electron chi connectivity index (χ1n) is 8.65. The number of methoxy groups -OCH3 is 1. The number of esters is 1. The second kappa shape index (κ2) is 9.84. The molecular formula is C21H26O4. The van der Waals surface area contributed by atoms with E-state index in [1.165, 1.54) is 7.11 Å². The predicted molar refractivity (Wildman–Crippen MR) is 99.2 cm³/mol. The number of hydrogen-bond acceptors (Lipinski definition) is 4. The average molecular weight is 342 g/mol. The molecule has 2 aromatic carbocycles. The van der Waals surface area contributed by atoms with Crippen molar-refractivity contribution >= 4 is 5.97 Å². The van der Waals surface area contributed by atoms with Gasteiger partial charge in [0.15, 0.2) is 0 Å². The molecule has 0 bridgehead atoms. The van der Waals surface area contributed by atoms with E-state index in [2.05, 4.69) is 6.92 Å². The molecule has 0 heterocycles. The molecule has 0 aliphatic heterocycles. The van der Waals surface area contributed by atoms with Gasteiger partial charge in [-0.15, -0.1) is 0 Å². The second-order valence-electron chi connectivity index (χ2n) is 5.86. The lowest BCUT2D eigenvalue weighted by atomic mass is 10.00. The van der Waals surface area contributed by atoms with Crippen molar-refractivity contribution < 1.29 is 19.0 Å². The summed E-state index contributed by atoms with van der Waals surface area (Å²) >= 11 is 0. The molecule has 0 saturated heterocycles. The number of carbonyl (C=O) groups excluding carboxylic acids is 1. The van der Waals surface area contributed by atoms with Crippen molar-refractivity contribution in [3.8, 4) is 16.9 Å². The maximum absolute atomic E-state index is 11.8. The summed E-state index contributed by atoms with van der Waals surface area (Å²) in [7, 11) is 1.40. The third-order valence-electron chi connectivity index (χ3n) is 3.97. The normalized spacial score (nSPS) is 10.5. The fraction of sp³-hybridized carbons (Fsp3) is 0.381. The zero-order chi connectivity index (χ0) is 18.1. The van der Waals surface area contributed by atoms with Crippen LogP contribution in [0.25, 0.3) is 11.1 Å². The van der Waals surface area contributed by atoms with E-state index < -0.39 is 0 Å². The molecule has 2 rings (SSSR count). The fourth-order valence-corrected chi connectivity index (χ4v) is 2.44. The molecule has 0 aliphatic rings. The first-order valence-corrected chi connectivity index (χ1v) is 8.65. The molecule has 0 saturated carbocycles. The highest BCUT2D eigenvalue weighted by Gasteiger charge is 2.10. The highest BCUT2D eigenvalue weighted by atomic mass is 16.5. The van der Waals surface area contributed by atoms with Gasteiger partial charge in [-0.2, -0.15) is 0 Å². The number of benzene rings is 2. The van der Waals surface area contributed by atoms with Gasteiger partial charge in [0.2, 0.25) is 0 Å². The predicted octanol–water partition coefficient (Wildman–Crippen LogP) is 4.64. The maximum Gasteiger partial charge on any atom is 0.338 e. The van der Waals surface area contributed by atoms with Crippen LogP contribution in [0.5, 0.6) is 5.75 Å². The third kappa shape index (κ3) is 5.61. The van der Waals surface area contributed by atoms with Gasteiger partial charge in [0.25, 0.3) is 0 Å². The minimum absolute atomic E-state index is 0.317. The quantitative estimate of drug-likeness (QED) is 0.492. The van der Waals surface area contributed by atoms with E-state index in [4.69, 9.17) is 14.2 Å². The lowest BCUT2D eigenvalue weighted by molar-refractivity contribution is 0.0600. The topological polar surface area (TPSA) is 44.8 Å². The van der Waals surface area contributed by atoms with Crippen LogP contribution in [0, 0.1) is 6.92 Å². The zero-order valence-electron chi connectivity index (χ0n) is 15.2. The van der Waals surface area contributed by atoms with E-state index in [0.29, 0.717) is 18.8 Å². The minimum Gasteiger partial charge on any atom is -0.491 e. The molecule has 0 aromatic heterocycles. The highest BCUT2D eigenvalue weighted by Crippen LogP contribution is 2.25. The molecule has 0 unspecified atom stereocenters. The molecule has 0 amide bonds. The summed E-state index contributed by atoms with van der Waals surface area (Å²) in [5.41, 5.74) is 3.49. The molecular weight excluding hydrogens is 316 g/mol. The Balaban J connectivity index is 1.97. The summed E-state index contributed by atoms with van der Waals surface area (Å²) < 4.78 is 16.0. The SMILES string of the molecule is CCCCOCCOc1ccc(-c2ccc(C)c(C(=O)OC)c2)cc1. The van der Waals surface area contributed by atoms with Crippen LogP contribution in [-0.2, 0) is 9.47 Å². The van der Waals surface area contributed by atoms with Gasteiger partial charge in [0.05, 0.1) is 19.3 Å². The summed E-state index contributed by atoms with van der Waals surface area (Å²) in [5.74, 6) is 0.491. The molecule has 25 heavy (non-hydrogen) atoms. The largest absolute Gasteiger partial charge is 0.491 e. The van der Waals surface area contributed by atoms with Crippen LogP contribution < -0.4 is 4.74 Å². The molecule has 0 aliphatic carbocycles. The second-order valence-corrected chi connectivity index (χ2v) is 5.86. The molecule has 0 atom stereocenters. The van der Waals surface area contributed by atoms with Gasteiger partial charge in [-0.1, -0.05) is 37.6 Å². The van der Waals surface area contributed by atoms with Gasteiger partial charge in [-0.25, -0.2) is 4.79 Å². The smallest absolute Gasteiger partial charge is 0.338 e. The molecule has 0 N–H and O–H groups in total.